The number of carbonyl (C=O) groups excluding carboxylic acids is 2. The SMILES string of the molecule is Cc1cc(NC(=O)c2ccc3c(c2)C(C)(C)C(=O)N3C)ccn1. The van der Waals surface area contributed by atoms with E-state index in [1.165, 1.54) is 0 Å². The molecule has 0 atom stereocenters. The zero-order valence-corrected chi connectivity index (χ0v) is 13.7. The van der Waals surface area contributed by atoms with Gasteiger partial charge in [0.05, 0.1) is 5.41 Å². The molecule has 1 aromatic carbocycles. The number of fused-ring (bicyclic) bond motifs is 1. The van der Waals surface area contributed by atoms with Crippen molar-refractivity contribution in [1.29, 1.82) is 0 Å². The second kappa shape index (κ2) is 5.19. The molecule has 5 heteroatoms. The van der Waals surface area contributed by atoms with E-state index in [-0.39, 0.29) is 11.8 Å². The third-order valence-corrected chi connectivity index (χ3v) is 4.29. The molecule has 0 saturated carbocycles. The Bertz CT molecular complexity index is 812. The number of nitrogens with one attached hydrogen (secondary N) is 1. The average Bonchev–Trinajstić information content (AvgIpc) is 2.68. The second-order valence-corrected chi connectivity index (χ2v) is 6.36. The third-order valence-electron chi connectivity index (χ3n) is 4.29. The minimum absolute atomic E-state index is 0.0369. The predicted molar refractivity (Wildman–Crippen MR) is 89.8 cm³/mol. The highest BCUT2D eigenvalue weighted by Crippen LogP contribution is 2.41. The Kier molecular flexibility index (Phi) is 3.43. The highest BCUT2D eigenvalue weighted by Gasteiger charge is 2.42. The molecule has 23 heavy (non-hydrogen) atoms. The minimum atomic E-state index is -0.617. The van der Waals surface area contributed by atoms with Crippen LogP contribution < -0.4 is 10.2 Å². The van der Waals surface area contributed by atoms with Gasteiger partial charge in [0.1, 0.15) is 0 Å². The van der Waals surface area contributed by atoms with Crippen LogP contribution in [0.4, 0.5) is 11.4 Å². The summed E-state index contributed by atoms with van der Waals surface area (Å²) in [4.78, 5) is 30.5. The molecule has 2 heterocycles. The molecule has 0 aliphatic carbocycles. The van der Waals surface area contributed by atoms with Gasteiger partial charge in [0.2, 0.25) is 5.91 Å². The van der Waals surface area contributed by atoms with Crippen LogP contribution in [0.3, 0.4) is 0 Å². The molecular formula is C18H19N3O2. The van der Waals surface area contributed by atoms with Crippen LogP contribution in [-0.4, -0.2) is 23.8 Å². The van der Waals surface area contributed by atoms with Crippen molar-refractivity contribution in [2.24, 2.45) is 0 Å². The summed E-state index contributed by atoms with van der Waals surface area (Å²) in [6.45, 7) is 5.63. The lowest BCUT2D eigenvalue weighted by Crippen LogP contribution is -2.33. The first kappa shape index (κ1) is 15.2. The van der Waals surface area contributed by atoms with Crippen molar-refractivity contribution in [1.82, 2.24) is 4.98 Å². The minimum Gasteiger partial charge on any atom is -0.322 e. The third kappa shape index (κ3) is 2.48. The molecule has 0 bridgehead atoms. The number of pyridine rings is 1. The normalized spacial score (nSPS) is 15.5. The van der Waals surface area contributed by atoms with E-state index in [2.05, 4.69) is 10.3 Å². The fourth-order valence-corrected chi connectivity index (χ4v) is 2.94. The number of hydrogen-bond donors (Lipinski definition) is 1. The molecule has 1 aliphatic rings. The summed E-state index contributed by atoms with van der Waals surface area (Å²) in [5.41, 5.74) is 3.20. The summed E-state index contributed by atoms with van der Waals surface area (Å²) in [5.74, 6) is -0.161. The molecule has 0 unspecified atom stereocenters. The predicted octanol–water partition coefficient (Wildman–Crippen LogP) is 2.90. The van der Waals surface area contributed by atoms with E-state index in [1.54, 1.807) is 36.3 Å². The molecular weight excluding hydrogens is 290 g/mol. The van der Waals surface area contributed by atoms with Gasteiger partial charge >= 0.3 is 0 Å². The molecule has 0 radical (unpaired) electrons. The molecule has 3 rings (SSSR count). The zero-order chi connectivity index (χ0) is 16.8. The maximum absolute atomic E-state index is 12.5. The van der Waals surface area contributed by atoms with Gasteiger partial charge in [0, 0.05) is 35.9 Å². The van der Waals surface area contributed by atoms with E-state index in [0.717, 1.165) is 16.9 Å². The molecule has 0 fully saturated rings. The van der Waals surface area contributed by atoms with E-state index in [0.29, 0.717) is 11.3 Å². The number of aryl methyl sites for hydroxylation is 1. The molecule has 1 N–H and O–H groups in total. The quantitative estimate of drug-likeness (QED) is 0.928. The van der Waals surface area contributed by atoms with Gasteiger partial charge in [-0.3, -0.25) is 14.6 Å². The number of rotatable bonds is 2. The smallest absolute Gasteiger partial charge is 0.255 e. The number of nitrogens with zero attached hydrogens (tertiary/aromatic N) is 2. The molecule has 2 amide bonds. The Morgan fingerprint density at radius 2 is 1.96 bits per heavy atom. The molecule has 0 spiro atoms. The Balaban J connectivity index is 1.92. The average molecular weight is 309 g/mol. The van der Waals surface area contributed by atoms with E-state index in [9.17, 15) is 9.59 Å². The van der Waals surface area contributed by atoms with Crippen molar-refractivity contribution in [3.8, 4) is 0 Å². The highest BCUT2D eigenvalue weighted by molar-refractivity contribution is 6.09. The molecule has 1 aliphatic heterocycles. The highest BCUT2D eigenvalue weighted by atomic mass is 16.2. The van der Waals surface area contributed by atoms with Gasteiger partial charge in [-0.15, -0.1) is 0 Å². The molecule has 1 aromatic heterocycles. The molecule has 2 aromatic rings. The number of carbonyl (C=O) groups is 2. The Morgan fingerprint density at radius 3 is 2.65 bits per heavy atom. The first-order valence-electron chi connectivity index (χ1n) is 7.47. The first-order chi connectivity index (χ1) is 10.8. The summed E-state index contributed by atoms with van der Waals surface area (Å²) < 4.78 is 0. The van der Waals surface area contributed by atoms with Crippen molar-refractivity contribution < 1.29 is 9.59 Å². The standard InChI is InChI=1S/C18H19N3O2/c1-11-9-13(7-8-19-11)20-16(22)12-5-6-15-14(10-12)18(2,3)17(23)21(15)4/h5-10H,1-4H3,(H,19,20,22). The number of aromatic nitrogens is 1. The first-order valence-corrected chi connectivity index (χ1v) is 7.47. The van der Waals surface area contributed by atoms with Crippen molar-refractivity contribution in [3.05, 3.63) is 53.3 Å². The molecule has 5 nitrogen and oxygen atoms in total. The fourth-order valence-electron chi connectivity index (χ4n) is 2.94. The maximum atomic E-state index is 12.5. The van der Waals surface area contributed by atoms with E-state index in [4.69, 9.17) is 0 Å². The number of likely N-dealkylation sites (N-methyl/N-ethyl adjacent to an activating group) is 1. The lowest BCUT2D eigenvalue weighted by atomic mass is 9.85. The lowest BCUT2D eigenvalue weighted by Gasteiger charge is -2.16. The number of hydrogen-bond acceptors (Lipinski definition) is 3. The van der Waals surface area contributed by atoms with Crippen LogP contribution >= 0.6 is 0 Å². The number of anilines is 2. The van der Waals surface area contributed by atoms with Crippen LogP contribution in [0.15, 0.2) is 36.5 Å². The van der Waals surface area contributed by atoms with E-state index in [1.807, 2.05) is 32.9 Å². The number of amides is 2. The van der Waals surface area contributed by atoms with Gasteiger partial charge in [0.25, 0.3) is 5.91 Å². The van der Waals surface area contributed by atoms with Crippen LogP contribution in [0, 0.1) is 6.92 Å². The lowest BCUT2D eigenvalue weighted by molar-refractivity contribution is -0.121. The Labute approximate surface area is 135 Å². The van der Waals surface area contributed by atoms with Gasteiger partial charge in [0.15, 0.2) is 0 Å². The van der Waals surface area contributed by atoms with Gasteiger partial charge in [-0.1, -0.05) is 0 Å². The summed E-state index contributed by atoms with van der Waals surface area (Å²) in [7, 11) is 1.76. The second-order valence-electron chi connectivity index (χ2n) is 6.36. The van der Waals surface area contributed by atoms with Crippen molar-refractivity contribution in [2.75, 3.05) is 17.3 Å². The van der Waals surface area contributed by atoms with Gasteiger partial charge in [-0.05, 0) is 56.7 Å². The topological polar surface area (TPSA) is 62.3 Å². The summed E-state index contributed by atoms with van der Waals surface area (Å²) in [6, 6.07) is 8.94. The Hall–Kier alpha value is -2.69. The Morgan fingerprint density at radius 1 is 1.22 bits per heavy atom. The number of benzene rings is 1. The van der Waals surface area contributed by atoms with Crippen molar-refractivity contribution in [3.63, 3.8) is 0 Å². The molecule has 118 valence electrons. The van der Waals surface area contributed by atoms with Gasteiger partial charge in [-0.2, -0.15) is 0 Å². The van der Waals surface area contributed by atoms with Crippen LogP contribution in [-0.2, 0) is 10.2 Å². The van der Waals surface area contributed by atoms with Crippen LogP contribution in [0.1, 0.15) is 35.5 Å². The van der Waals surface area contributed by atoms with Gasteiger partial charge < -0.3 is 10.2 Å². The summed E-state index contributed by atoms with van der Waals surface area (Å²) in [6.07, 6.45) is 1.66. The molecule has 0 saturated heterocycles. The maximum Gasteiger partial charge on any atom is 0.255 e. The fraction of sp³-hybridized carbons (Fsp3) is 0.278. The largest absolute Gasteiger partial charge is 0.322 e. The summed E-state index contributed by atoms with van der Waals surface area (Å²) in [5, 5.41) is 2.86. The van der Waals surface area contributed by atoms with E-state index < -0.39 is 5.41 Å². The van der Waals surface area contributed by atoms with E-state index >= 15 is 0 Å². The van der Waals surface area contributed by atoms with Crippen LogP contribution in [0.2, 0.25) is 0 Å². The van der Waals surface area contributed by atoms with Crippen molar-refractivity contribution >= 4 is 23.2 Å². The van der Waals surface area contributed by atoms with Crippen LogP contribution in [0.25, 0.3) is 0 Å². The van der Waals surface area contributed by atoms with Crippen LogP contribution in [0.5, 0.6) is 0 Å². The summed E-state index contributed by atoms with van der Waals surface area (Å²) >= 11 is 0. The monoisotopic (exact) mass is 309 g/mol. The van der Waals surface area contributed by atoms with Crippen molar-refractivity contribution in [2.45, 2.75) is 26.2 Å². The van der Waals surface area contributed by atoms with Gasteiger partial charge in [-0.25, -0.2) is 0 Å². The zero-order valence-electron chi connectivity index (χ0n) is 13.7.